The van der Waals surface area contributed by atoms with Crippen LogP contribution in [0.4, 0.5) is 16.2 Å². The molecule has 3 N–H and O–H groups in total. The third kappa shape index (κ3) is 4.04. The van der Waals surface area contributed by atoms with Gasteiger partial charge in [0, 0.05) is 5.69 Å². The number of anilines is 2. The summed E-state index contributed by atoms with van der Waals surface area (Å²) in [6.45, 7) is 3.90. The molecule has 0 aliphatic rings. The number of carbonyl (C=O) groups is 2. The molecule has 6 heteroatoms. The van der Waals surface area contributed by atoms with Gasteiger partial charge in [0.15, 0.2) is 0 Å². The number of pyridine rings is 1. The Kier molecular flexibility index (Phi) is 4.18. The van der Waals surface area contributed by atoms with Crippen molar-refractivity contribution in [2.24, 2.45) is 0 Å². The molecule has 0 saturated carbocycles. The van der Waals surface area contributed by atoms with E-state index in [0.717, 1.165) is 11.1 Å². The van der Waals surface area contributed by atoms with Crippen molar-refractivity contribution >= 4 is 23.4 Å². The van der Waals surface area contributed by atoms with Gasteiger partial charge < -0.3 is 15.7 Å². The number of rotatable bonds is 3. The highest BCUT2D eigenvalue weighted by molar-refractivity contribution is 5.99. The highest BCUT2D eigenvalue weighted by atomic mass is 16.4. The summed E-state index contributed by atoms with van der Waals surface area (Å²) in [6.07, 6.45) is 1.30. The lowest BCUT2D eigenvalue weighted by Gasteiger charge is -2.09. The molecule has 1 aromatic heterocycles. The molecular weight excluding hydrogens is 270 g/mol. The topological polar surface area (TPSA) is 91.3 Å². The van der Waals surface area contributed by atoms with E-state index in [2.05, 4.69) is 15.6 Å². The molecule has 1 aromatic carbocycles. The lowest BCUT2D eigenvalue weighted by Crippen LogP contribution is -2.19. The van der Waals surface area contributed by atoms with Crippen LogP contribution in [-0.2, 0) is 0 Å². The largest absolute Gasteiger partial charge is 0.477 e. The van der Waals surface area contributed by atoms with E-state index >= 15 is 0 Å². The van der Waals surface area contributed by atoms with Crippen molar-refractivity contribution in [1.29, 1.82) is 0 Å². The van der Waals surface area contributed by atoms with Crippen molar-refractivity contribution < 1.29 is 14.7 Å². The van der Waals surface area contributed by atoms with E-state index in [-0.39, 0.29) is 5.69 Å². The van der Waals surface area contributed by atoms with E-state index in [1.54, 1.807) is 0 Å². The molecular formula is C15H15N3O3. The van der Waals surface area contributed by atoms with Gasteiger partial charge in [-0.15, -0.1) is 0 Å². The van der Waals surface area contributed by atoms with Crippen molar-refractivity contribution in [1.82, 2.24) is 4.98 Å². The summed E-state index contributed by atoms with van der Waals surface area (Å²) in [5, 5.41) is 14.0. The van der Waals surface area contributed by atoms with Crippen LogP contribution in [0, 0.1) is 13.8 Å². The molecule has 2 aromatic rings. The molecule has 0 unspecified atom stereocenters. The highest BCUT2D eigenvalue weighted by Crippen LogP contribution is 2.14. The zero-order valence-corrected chi connectivity index (χ0v) is 11.7. The summed E-state index contributed by atoms with van der Waals surface area (Å²) in [5.74, 6) is -1.11. The van der Waals surface area contributed by atoms with Gasteiger partial charge >= 0.3 is 12.0 Å². The zero-order valence-electron chi connectivity index (χ0n) is 11.7. The summed E-state index contributed by atoms with van der Waals surface area (Å²) in [7, 11) is 0. The number of carboxylic acids is 1. The number of benzene rings is 1. The van der Waals surface area contributed by atoms with Crippen LogP contribution in [0.25, 0.3) is 0 Å². The first-order valence-electron chi connectivity index (χ1n) is 6.30. The van der Waals surface area contributed by atoms with Crippen LogP contribution in [0.5, 0.6) is 0 Å². The van der Waals surface area contributed by atoms with Gasteiger partial charge in [-0.3, -0.25) is 0 Å². The fourth-order valence-electron chi connectivity index (χ4n) is 1.93. The van der Waals surface area contributed by atoms with Crippen molar-refractivity contribution in [3.63, 3.8) is 0 Å². The maximum absolute atomic E-state index is 11.9. The lowest BCUT2D eigenvalue weighted by atomic mass is 10.1. The van der Waals surface area contributed by atoms with Crippen LogP contribution in [0.1, 0.15) is 21.6 Å². The minimum atomic E-state index is -1.11. The average molecular weight is 285 g/mol. The van der Waals surface area contributed by atoms with Crippen LogP contribution < -0.4 is 10.6 Å². The summed E-state index contributed by atoms with van der Waals surface area (Å²) in [5.41, 5.74) is 3.15. The van der Waals surface area contributed by atoms with Gasteiger partial charge in [-0.25, -0.2) is 14.6 Å². The van der Waals surface area contributed by atoms with Crippen molar-refractivity contribution in [2.75, 3.05) is 10.6 Å². The van der Waals surface area contributed by atoms with E-state index in [9.17, 15) is 9.59 Å². The molecule has 2 amide bonds. The summed E-state index contributed by atoms with van der Waals surface area (Å²) < 4.78 is 0. The summed E-state index contributed by atoms with van der Waals surface area (Å²) >= 11 is 0. The van der Waals surface area contributed by atoms with Crippen LogP contribution in [0.2, 0.25) is 0 Å². The maximum atomic E-state index is 11.9. The Morgan fingerprint density at radius 1 is 1.00 bits per heavy atom. The minimum Gasteiger partial charge on any atom is -0.477 e. The van der Waals surface area contributed by atoms with E-state index in [1.807, 2.05) is 32.0 Å². The molecule has 0 atom stereocenters. The number of carboxylic acid groups (broad SMARTS) is 1. The molecule has 0 spiro atoms. The Morgan fingerprint density at radius 2 is 1.62 bits per heavy atom. The Bertz CT molecular complexity index is 661. The molecule has 0 bridgehead atoms. The second kappa shape index (κ2) is 6.04. The van der Waals surface area contributed by atoms with Crippen molar-refractivity contribution in [2.45, 2.75) is 13.8 Å². The number of aromatic carboxylic acids is 1. The fourth-order valence-corrected chi connectivity index (χ4v) is 1.93. The first-order valence-corrected chi connectivity index (χ1v) is 6.30. The number of urea groups is 1. The van der Waals surface area contributed by atoms with Crippen molar-refractivity contribution in [3.05, 3.63) is 53.3 Å². The molecule has 0 aliphatic carbocycles. The Balaban J connectivity index is 2.02. The van der Waals surface area contributed by atoms with E-state index in [0.29, 0.717) is 11.4 Å². The number of aromatic nitrogens is 1. The van der Waals surface area contributed by atoms with Gasteiger partial charge in [-0.2, -0.15) is 0 Å². The van der Waals surface area contributed by atoms with Crippen LogP contribution in [-0.4, -0.2) is 22.1 Å². The zero-order chi connectivity index (χ0) is 15.4. The predicted octanol–water partition coefficient (Wildman–Crippen LogP) is 3.04. The Hall–Kier alpha value is -2.89. The lowest BCUT2D eigenvalue weighted by molar-refractivity contribution is 0.0690. The number of aryl methyl sites for hydroxylation is 2. The standard InChI is InChI=1S/C15H15N3O3/c1-9-5-10(2)7-12(6-9)18-15(21)17-11-3-4-13(14(19)20)16-8-11/h3-8H,1-2H3,(H,19,20)(H2,17,18,21). The van der Waals surface area contributed by atoms with Gasteiger partial charge in [0.1, 0.15) is 5.69 Å². The molecule has 0 aliphatic heterocycles. The minimum absolute atomic E-state index is 0.0738. The molecule has 2 rings (SSSR count). The molecule has 0 radical (unpaired) electrons. The molecule has 108 valence electrons. The summed E-state index contributed by atoms with van der Waals surface area (Å²) in [4.78, 5) is 26.3. The number of amides is 2. The highest BCUT2D eigenvalue weighted by Gasteiger charge is 2.06. The monoisotopic (exact) mass is 285 g/mol. The van der Waals surface area contributed by atoms with Gasteiger partial charge in [0.05, 0.1) is 11.9 Å². The number of hydrogen-bond acceptors (Lipinski definition) is 3. The smallest absolute Gasteiger partial charge is 0.354 e. The molecule has 0 saturated heterocycles. The number of carbonyl (C=O) groups excluding carboxylic acids is 1. The third-order valence-corrected chi connectivity index (χ3v) is 2.72. The molecule has 0 fully saturated rings. The number of hydrogen-bond donors (Lipinski definition) is 3. The fraction of sp³-hybridized carbons (Fsp3) is 0.133. The van der Waals surface area contributed by atoms with Crippen LogP contribution in [0.15, 0.2) is 36.5 Å². The van der Waals surface area contributed by atoms with Gasteiger partial charge in [0.25, 0.3) is 0 Å². The summed E-state index contributed by atoms with van der Waals surface area (Å²) in [6, 6.07) is 8.13. The van der Waals surface area contributed by atoms with E-state index < -0.39 is 12.0 Å². The average Bonchev–Trinajstić information content (AvgIpc) is 2.37. The quantitative estimate of drug-likeness (QED) is 0.808. The number of nitrogens with zero attached hydrogens (tertiary/aromatic N) is 1. The maximum Gasteiger partial charge on any atom is 0.354 e. The third-order valence-electron chi connectivity index (χ3n) is 2.72. The Labute approximate surface area is 121 Å². The van der Waals surface area contributed by atoms with E-state index in [1.165, 1.54) is 18.3 Å². The Morgan fingerprint density at radius 3 is 2.14 bits per heavy atom. The second-order valence-electron chi connectivity index (χ2n) is 4.69. The second-order valence-corrected chi connectivity index (χ2v) is 4.69. The SMILES string of the molecule is Cc1cc(C)cc(NC(=O)Nc2ccc(C(=O)O)nc2)c1. The van der Waals surface area contributed by atoms with Crippen molar-refractivity contribution in [3.8, 4) is 0 Å². The van der Waals surface area contributed by atoms with Crippen LogP contribution in [0.3, 0.4) is 0 Å². The van der Waals surface area contributed by atoms with Gasteiger partial charge in [-0.05, 0) is 49.2 Å². The van der Waals surface area contributed by atoms with E-state index in [4.69, 9.17) is 5.11 Å². The molecule has 1 heterocycles. The first kappa shape index (κ1) is 14.5. The first-order chi connectivity index (χ1) is 9.94. The normalized spacial score (nSPS) is 10.0. The molecule has 6 nitrogen and oxygen atoms in total. The van der Waals surface area contributed by atoms with Gasteiger partial charge in [0.2, 0.25) is 0 Å². The van der Waals surface area contributed by atoms with Gasteiger partial charge in [-0.1, -0.05) is 6.07 Å². The molecule has 21 heavy (non-hydrogen) atoms. The number of nitrogens with one attached hydrogen (secondary N) is 2. The predicted molar refractivity (Wildman–Crippen MR) is 79.8 cm³/mol. The van der Waals surface area contributed by atoms with Crippen LogP contribution >= 0.6 is 0 Å².